The van der Waals surface area contributed by atoms with E-state index in [0.29, 0.717) is 12.6 Å². The van der Waals surface area contributed by atoms with Gasteiger partial charge in [-0.2, -0.15) is 0 Å². The normalized spacial score (nSPS) is 24.1. The minimum Gasteiger partial charge on any atom is -0.352 e. The first-order chi connectivity index (χ1) is 9.65. The lowest BCUT2D eigenvalue weighted by molar-refractivity contribution is -0.124. The smallest absolute Gasteiger partial charge is 0.238 e. The molecule has 1 aliphatic heterocycles. The minimum atomic E-state index is -0.106. The van der Waals surface area contributed by atoms with Crippen molar-refractivity contribution in [3.8, 4) is 0 Å². The highest BCUT2D eigenvalue weighted by molar-refractivity contribution is 5.82. The van der Waals surface area contributed by atoms with E-state index in [1.165, 1.54) is 5.56 Å². The van der Waals surface area contributed by atoms with E-state index in [-0.39, 0.29) is 18.0 Å². The largest absolute Gasteiger partial charge is 0.352 e. The zero-order valence-corrected chi connectivity index (χ0v) is 12.4. The molecule has 0 spiro atoms. The van der Waals surface area contributed by atoms with Crippen LogP contribution in [0.5, 0.6) is 0 Å². The molecule has 20 heavy (non-hydrogen) atoms. The summed E-state index contributed by atoms with van der Waals surface area (Å²) < 4.78 is 0. The Bertz CT molecular complexity index is 413. The van der Waals surface area contributed by atoms with Crippen LogP contribution in [-0.4, -0.2) is 37.1 Å². The van der Waals surface area contributed by atoms with Crippen molar-refractivity contribution in [2.45, 2.75) is 44.8 Å². The fourth-order valence-corrected chi connectivity index (χ4v) is 2.41. The third kappa shape index (κ3) is 4.62. The maximum atomic E-state index is 12.1. The van der Waals surface area contributed by atoms with E-state index in [0.717, 1.165) is 19.4 Å². The van der Waals surface area contributed by atoms with Crippen molar-refractivity contribution in [3.05, 3.63) is 35.9 Å². The third-order valence-corrected chi connectivity index (χ3v) is 3.75. The minimum absolute atomic E-state index is 0.102. The van der Waals surface area contributed by atoms with Crippen molar-refractivity contribution in [2.24, 2.45) is 0 Å². The van der Waals surface area contributed by atoms with Gasteiger partial charge in [0.15, 0.2) is 0 Å². The molecule has 3 atom stereocenters. The van der Waals surface area contributed by atoms with Crippen LogP contribution in [0.15, 0.2) is 30.3 Å². The molecule has 1 aromatic carbocycles. The molecule has 3 unspecified atom stereocenters. The number of amides is 1. The lowest BCUT2D eigenvalue weighted by Crippen LogP contribution is -2.59. The molecule has 2 rings (SSSR count). The summed E-state index contributed by atoms with van der Waals surface area (Å²) in [7, 11) is 0. The van der Waals surface area contributed by atoms with E-state index in [1.54, 1.807) is 0 Å². The molecule has 1 saturated heterocycles. The van der Waals surface area contributed by atoms with E-state index in [9.17, 15) is 4.79 Å². The molecule has 1 aromatic rings. The van der Waals surface area contributed by atoms with Gasteiger partial charge in [0.2, 0.25) is 5.91 Å². The predicted molar refractivity (Wildman–Crippen MR) is 81.6 cm³/mol. The zero-order valence-electron chi connectivity index (χ0n) is 12.4. The van der Waals surface area contributed by atoms with Crippen molar-refractivity contribution >= 4 is 5.91 Å². The summed E-state index contributed by atoms with van der Waals surface area (Å²) in [5.74, 6) is 0.102. The standard InChI is InChI=1S/C16H25N3O/c1-12(8-9-14-6-4-3-5-7-14)19-16(20)15-11-17-13(2)10-18-15/h3-7,12-13,15,17-18H,8-11H2,1-2H3,(H,19,20). The van der Waals surface area contributed by atoms with Crippen LogP contribution in [0.25, 0.3) is 0 Å². The fraction of sp³-hybridized carbons (Fsp3) is 0.562. The number of carbonyl (C=O) groups is 1. The number of rotatable bonds is 5. The van der Waals surface area contributed by atoms with Gasteiger partial charge in [-0.1, -0.05) is 30.3 Å². The van der Waals surface area contributed by atoms with Crippen molar-refractivity contribution < 1.29 is 4.79 Å². The topological polar surface area (TPSA) is 53.2 Å². The number of piperazine rings is 1. The highest BCUT2D eigenvalue weighted by Crippen LogP contribution is 2.05. The van der Waals surface area contributed by atoms with Gasteiger partial charge in [-0.05, 0) is 32.3 Å². The molecule has 0 radical (unpaired) electrons. The summed E-state index contributed by atoms with van der Waals surface area (Å²) >= 11 is 0. The second-order valence-electron chi connectivity index (χ2n) is 5.70. The molecule has 1 amide bonds. The lowest BCUT2D eigenvalue weighted by Gasteiger charge is -2.29. The van der Waals surface area contributed by atoms with Crippen LogP contribution < -0.4 is 16.0 Å². The van der Waals surface area contributed by atoms with Crippen LogP contribution in [0.3, 0.4) is 0 Å². The SMILES string of the molecule is CC1CNC(C(=O)NC(C)CCc2ccccc2)CN1. The third-order valence-electron chi connectivity index (χ3n) is 3.75. The number of benzene rings is 1. The molecular formula is C16H25N3O. The quantitative estimate of drug-likeness (QED) is 0.753. The summed E-state index contributed by atoms with van der Waals surface area (Å²) in [5.41, 5.74) is 1.32. The molecule has 3 N–H and O–H groups in total. The first kappa shape index (κ1) is 15.0. The summed E-state index contributed by atoms with van der Waals surface area (Å²) in [6.07, 6.45) is 1.96. The number of carbonyl (C=O) groups excluding carboxylic acids is 1. The summed E-state index contributed by atoms with van der Waals surface area (Å²) in [6.45, 7) is 5.73. The average molecular weight is 275 g/mol. The molecule has 4 heteroatoms. The zero-order chi connectivity index (χ0) is 14.4. The maximum Gasteiger partial charge on any atom is 0.238 e. The Balaban J connectivity index is 1.71. The number of aryl methyl sites for hydroxylation is 1. The van der Waals surface area contributed by atoms with E-state index in [1.807, 2.05) is 6.07 Å². The van der Waals surface area contributed by atoms with Crippen LogP contribution in [-0.2, 0) is 11.2 Å². The molecule has 110 valence electrons. The van der Waals surface area contributed by atoms with Gasteiger partial charge in [0.1, 0.15) is 0 Å². The molecular weight excluding hydrogens is 250 g/mol. The Morgan fingerprint density at radius 2 is 2.05 bits per heavy atom. The van der Waals surface area contributed by atoms with Gasteiger partial charge < -0.3 is 16.0 Å². The molecule has 0 saturated carbocycles. The van der Waals surface area contributed by atoms with Crippen molar-refractivity contribution in [1.29, 1.82) is 0 Å². The van der Waals surface area contributed by atoms with Crippen LogP contribution in [0, 0.1) is 0 Å². The number of hydrogen-bond donors (Lipinski definition) is 3. The fourth-order valence-electron chi connectivity index (χ4n) is 2.41. The average Bonchev–Trinajstić information content (AvgIpc) is 2.47. The highest BCUT2D eigenvalue weighted by Gasteiger charge is 2.23. The molecule has 1 aliphatic rings. The van der Waals surface area contributed by atoms with Crippen molar-refractivity contribution in [1.82, 2.24) is 16.0 Å². The lowest BCUT2D eigenvalue weighted by atomic mass is 10.1. The molecule has 0 aromatic heterocycles. The molecule has 4 nitrogen and oxygen atoms in total. The maximum absolute atomic E-state index is 12.1. The van der Waals surface area contributed by atoms with E-state index in [4.69, 9.17) is 0 Å². The summed E-state index contributed by atoms with van der Waals surface area (Å²) in [6, 6.07) is 10.9. The first-order valence-corrected chi connectivity index (χ1v) is 7.46. The molecule has 0 aliphatic carbocycles. The number of nitrogens with one attached hydrogen (secondary N) is 3. The Morgan fingerprint density at radius 3 is 2.70 bits per heavy atom. The number of hydrogen-bond acceptors (Lipinski definition) is 3. The summed E-state index contributed by atoms with van der Waals surface area (Å²) in [5, 5.41) is 9.69. The highest BCUT2D eigenvalue weighted by atomic mass is 16.2. The van der Waals surface area contributed by atoms with Gasteiger partial charge in [-0.25, -0.2) is 0 Å². The van der Waals surface area contributed by atoms with Gasteiger partial charge in [-0.3, -0.25) is 4.79 Å². The Labute approximate surface area is 121 Å². The van der Waals surface area contributed by atoms with Gasteiger partial charge >= 0.3 is 0 Å². The first-order valence-electron chi connectivity index (χ1n) is 7.46. The van der Waals surface area contributed by atoms with Gasteiger partial charge in [0.25, 0.3) is 0 Å². The van der Waals surface area contributed by atoms with Gasteiger partial charge in [-0.15, -0.1) is 0 Å². The Kier molecular flexibility index (Phi) is 5.56. The van der Waals surface area contributed by atoms with Crippen LogP contribution in [0.2, 0.25) is 0 Å². The molecule has 1 heterocycles. The Hall–Kier alpha value is -1.39. The monoisotopic (exact) mass is 275 g/mol. The van der Waals surface area contributed by atoms with Crippen molar-refractivity contribution in [3.63, 3.8) is 0 Å². The second-order valence-corrected chi connectivity index (χ2v) is 5.70. The van der Waals surface area contributed by atoms with Crippen LogP contribution in [0.1, 0.15) is 25.8 Å². The van der Waals surface area contributed by atoms with Gasteiger partial charge in [0, 0.05) is 25.2 Å². The Morgan fingerprint density at radius 1 is 1.30 bits per heavy atom. The van der Waals surface area contributed by atoms with E-state index >= 15 is 0 Å². The predicted octanol–water partition coefficient (Wildman–Crippen LogP) is 1.07. The van der Waals surface area contributed by atoms with Crippen LogP contribution >= 0.6 is 0 Å². The van der Waals surface area contributed by atoms with Crippen molar-refractivity contribution in [2.75, 3.05) is 13.1 Å². The molecule has 1 fully saturated rings. The van der Waals surface area contributed by atoms with E-state index in [2.05, 4.69) is 54.1 Å². The van der Waals surface area contributed by atoms with Crippen LogP contribution in [0.4, 0.5) is 0 Å². The molecule has 0 bridgehead atoms. The van der Waals surface area contributed by atoms with E-state index < -0.39 is 0 Å². The second kappa shape index (κ2) is 7.41. The summed E-state index contributed by atoms with van der Waals surface area (Å²) in [4.78, 5) is 12.1. The van der Waals surface area contributed by atoms with Gasteiger partial charge in [0.05, 0.1) is 6.04 Å².